The van der Waals surface area contributed by atoms with E-state index in [1.54, 1.807) is 6.07 Å². The van der Waals surface area contributed by atoms with Crippen molar-refractivity contribution in [3.63, 3.8) is 0 Å². The predicted molar refractivity (Wildman–Crippen MR) is 83.5 cm³/mol. The molecule has 1 N–H and O–H groups in total. The summed E-state index contributed by atoms with van der Waals surface area (Å²) in [5.74, 6) is 2.48. The smallest absolute Gasteiger partial charge is 0.232 e. The molecule has 1 aromatic heterocycles. The van der Waals surface area contributed by atoms with Crippen molar-refractivity contribution in [3.05, 3.63) is 42.2 Å². The van der Waals surface area contributed by atoms with E-state index in [4.69, 9.17) is 6.42 Å². The molecule has 0 saturated heterocycles. The molecule has 0 aromatic carbocycles. The molecule has 0 radical (unpaired) electrons. The first-order valence-electron chi connectivity index (χ1n) is 6.62. The molecule has 0 bridgehead atoms. The molecule has 0 unspecified atom stereocenters. The highest BCUT2D eigenvalue weighted by atomic mass is 16.2. The van der Waals surface area contributed by atoms with Gasteiger partial charge in [0, 0.05) is 11.6 Å². The maximum Gasteiger partial charge on any atom is 0.232 e. The lowest BCUT2D eigenvalue weighted by Gasteiger charge is -2.16. The Morgan fingerprint density at radius 2 is 1.90 bits per heavy atom. The molecule has 0 aliphatic heterocycles. The minimum atomic E-state index is -0.477. The Morgan fingerprint density at radius 1 is 1.24 bits per heavy atom. The fourth-order valence-corrected chi connectivity index (χ4v) is 1.46. The Morgan fingerprint density at radius 3 is 2.33 bits per heavy atom. The van der Waals surface area contributed by atoms with Gasteiger partial charge in [-0.05, 0) is 23.3 Å². The maximum atomic E-state index is 11.6. The van der Waals surface area contributed by atoms with E-state index in [0.29, 0.717) is 5.69 Å². The van der Waals surface area contributed by atoms with Crippen molar-refractivity contribution < 1.29 is 4.79 Å². The molecule has 2 aliphatic rings. The quantitative estimate of drug-likeness (QED) is 0.696. The first kappa shape index (κ1) is 14.7. The average Bonchev–Trinajstić information content (AvgIpc) is 3.05. The van der Waals surface area contributed by atoms with Crippen molar-refractivity contribution in [2.24, 2.45) is 5.41 Å². The van der Waals surface area contributed by atoms with E-state index in [9.17, 15) is 4.79 Å². The van der Waals surface area contributed by atoms with E-state index >= 15 is 0 Å². The topological polar surface area (TPSA) is 54.9 Å². The van der Waals surface area contributed by atoms with Gasteiger partial charge in [-0.2, -0.15) is 0 Å². The molecule has 4 nitrogen and oxygen atoms in total. The van der Waals surface area contributed by atoms with E-state index in [2.05, 4.69) is 45.5 Å². The standard InChI is InChI=1S/C11H13N3O.C6H4/c1-5-8-6-7-12-10(13-8)14-9(15)11(2,3)4;1-2-5-4-6(5)3-1/h1,6-7H,2-4H3,(H,12,13,14,15);1-4H. The maximum absolute atomic E-state index is 11.6. The summed E-state index contributed by atoms with van der Waals surface area (Å²) in [4.78, 5) is 19.5. The molecular weight excluding hydrogens is 262 g/mol. The average molecular weight is 279 g/mol. The Hall–Kier alpha value is -2.67. The van der Waals surface area contributed by atoms with Gasteiger partial charge in [-0.15, -0.1) is 6.42 Å². The summed E-state index contributed by atoms with van der Waals surface area (Å²) in [6.45, 7) is 5.44. The van der Waals surface area contributed by atoms with Crippen LogP contribution in [-0.4, -0.2) is 15.9 Å². The van der Waals surface area contributed by atoms with Crippen molar-refractivity contribution >= 4 is 11.9 Å². The number of benzene rings is 1. The van der Waals surface area contributed by atoms with Crippen molar-refractivity contribution in [3.8, 4) is 23.5 Å². The van der Waals surface area contributed by atoms with Crippen molar-refractivity contribution in [1.82, 2.24) is 9.97 Å². The van der Waals surface area contributed by atoms with Crippen molar-refractivity contribution in [1.29, 1.82) is 0 Å². The highest BCUT2D eigenvalue weighted by Gasteiger charge is 2.21. The molecule has 0 saturated carbocycles. The van der Waals surface area contributed by atoms with Crippen LogP contribution in [0.1, 0.15) is 26.5 Å². The predicted octanol–water partition coefficient (Wildman–Crippen LogP) is 3.11. The summed E-state index contributed by atoms with van der Waals surface area (Å²) < 4.78 is 0. The zero-order valence-electron chi connectivity index (χ0n) is 12.3. The van der Waals surface area contributed by atoms with Gasteiger partial charge in [0.15, 0.2) is 0 Å². The van der Waals surface area contributed by atoms with Crippen LogP contribution < -0.4 is 5.32 Å². The Bertz CT molecular complexity index is 691. The number of anilines is 1. The zero-order valence-corrected chi connectivity index (χ0v) is 12.3. The molecule has 0 spiro atoms. The van der Waals surface area contributed by atoms with E-state index in [0.717, 1.165) is 0 Å². The van der Waals surface area contributed by atoms with Crippen LogP contribution in [0.2, 0.25) is 0 Å². The number of aromatic nitrogens is 2. The third kappa shape index (κ3) is 4.15. The molecule has 106 valence electrons. The third-order valence-electron chi connectivity index (χ3n) is 2.82. The van der Waals surface area contributed by atoms with Crippen LogP contribution >= 0.6 is 0 Å². The van der Waals surface area contributed by atoms with Crippen LogP contribution in [0.25, 0.3) is 11.1 Å². The molecule has 21 heavy (non-hydrogen) atoms. The number of nitrogens with one attached hydrogen (secondary N) is 1. The number of hydrogen-bond donors (Lipinski definition) is 1. The lowest BCUT2D eigenvalue weighted by atomic mass is 9.96. The van der Waals surface area contributed by atoms with Crippen LogP contribution in [0.3, 0.4) is 0 Å². The fourth-order valence-electron chi connectivity index (χ4n) is 1.46. The number of terminal acetylenes is 1. The first-order chi connectivity index (χ1) is 9.90. The van der Waals surface area contributed by atoms with Crippen LogP contribution in [0.5, 0.6) is 0 Å². The number of hydrogen-bond acceptors (Lipinski definition) is 3. The van der Waals surface area contributed by atoms with Gasteiger partial charge < -0.3 is 0 Å². The van der Waals surface area contributed by atoms with Gasteiger partial charge in [0.25, 0.3) is 0 Å². The Balaban J connectivity index is 0.000000218. The van der Waals surface area contributed by atoms with Gasteiger partial charge in [-0.1, -0.05) is 44.9 Å². The van der Waals surface area contributed by atoms with E-state index in [1.807, 2.05) is 20.8 Å². The molecule has 3 rings (SSSR count). The van der Waals surface area contributed by atoms with Crippen LogP contribution in [0.4, 0.5) is 5.95 Å². The first-order valence-corrected chi connectivity index (χ1v) is 6.62. The molecule has 1 aromatic rings. The van der Waals surface area contributed by atoms with Gasteiger partial charge in [0.1, 0.15) is 5.69 Å². The molecule has 4 heteroatoms. The van der Waals surface area contributed by atoms with E-state index in [-0.39, 0.29) is 11.9 Å². The molecule has 0 atom stereocenters. The zero-order chi connectivity index (χ0) is 15.5. The van der Waals surface area contributed by atoms with Crippen LogP contribution in [0, 0.1) is 17.8 Å². The summed E-state index contributed by atoms with van der Waals surface area (Å²) in [7, 11) is 0. The SMILES string of the molecule is C#Cc1ccnc(NC(=O)C(C)(C)C)n1.c1cc2cc-2c1. The molecule has 2 aliphatic carbocycles. The van der Waals surface area contributed by atoms with Gasteiger partial charge >= 0.3 is 0 Å². The normalized spacial score (nSPS) is 10.8. The second kappa shape index (κ2) is 5.76. The second-order valence-electron chi connectivity index (χ2n) is 5.69. The summed E-state index contributed by atoms with van der Waals surface area (Å²) >= 11 is 0. The van der Waals surface area contributed by atoms with E-state index in [1.165, 1.54) is 17.3 Å². The van der Waals surface area contributed by atoms with Crippen molar-refractivity contribution in [2.75, 3.05) is 5.32 Å². The number of amides is 1. The second-order valence-corrected chi connectivity index (χ2v) is 5.69. The molecular formula is C17H17N3O. The number of fused-ring (bicyclic) bond motifs is 1. The Labute approximate surface area is 124 Å². The Kier molecular flexibility index (Phi) is 4.04. The van der Waals surface area contributed by atoms with Crippen molar-refractivity contribution in [2.45, 2.75) is 20.8 Å². The molecule has 0 fully saturated rings. The van der Waals surface area contributed by atoms with E-state index < -0.39 is 5.41 Å². The van der Waals surface area contributed by atoms with Gasteiger partial charge in [-0.25, -0.2) is 9.97 Å². The highest BCUT2D eigenvalue weighted by Crippen LogP contribution is 2.32. The largest absolute Gasteiger partial charge is 0.294 e. The summed E-state index contributed by atoms with van der Waals surface area (Å²) in [5, 5.41) is 2.60. The van der Waals surface area contributed by atoms with Gasteiger partial charge in [0.2, 0.25) is 11.9 Å². The van der Waals surface area contributed by atoms with Gasteiger partial charge in [-0.3, -0.25) is 10.1 Å². The summed E-state index contributed by atoms with van der Waals surface area (Å²) in [5.41, 5.74) is 2.83. The minimum absolute atomic E-state index is 0.142. The number of rotatable bonds is 1. The molecule has 1 heterocycles. The highest BCUT2D eigenvalue weighted by molar-refractivity contribution is 5.93. The van der Waals surface area contributed by atoms with Gasteiger partial charge in [0.05, 0.1) is 0 Å². The minimum Gasteiger partial charge on any atom is -0.294 e. The summed E-state index contributed by atoms with van der Waals surface area (Å²) in [6, 6.07) is 10.1. The number of nitrogens with zero attached hydrogens (tertiary/aromatic N) is 2. The number of carbonyl (C=O) groups is 1. The number of carbonyl (C=O) groups excluding carboxylic acids is 1. The summed E-state index contributed by atoms with van der Waals surface area (Å²) in [6.07, 6.45) is 6.70. The van der Waals surface area contributed by atoms with Crippen LogP contribution in [0.15, 0.2) is 36.5 Å². The lowest BCUT2D eigenvalue weighted by Crippen LogP contribution is -2.28. The third-order valence-corrected chi connectivity index (χ3v) is 2.82. The molecule has 1 amide bonds. The monoisotopic (exact) mass is 279 g/mol. The van der Waals surface area contributed by atoms with Crippen LogP contribution in [-0.2, 0) is 4.79 Å². The lowest BCUT2D eigenvalue weighted by molar-refractivity contribution is -0.123. The fraction of sp³-hybridized carbons (Fsp3) is 0.235.